The van der Waals surface area contributed by atoms with Crippen molar-refractivity contribution in [3.05, 3.63) is 46.6 Å². The largest absolute Gasteiger partial charge is 0.444 e. The number of anilines is 1. The van der Waals surface area contributed by atoms with E-state index in [-0.39, 0.29) is 18.5 Å². The molecule has 2 N–H and O–H groups in total. The van der Waals surface area contributed by atoms with Gasteiger partial charge in [0, 0.05) is 17.6 Å². The molecule has 1 atom stereocenters. The van der Waals surface area contributed by atoms with Gasteiger partial charge in [0.05, 0.1) is 18.8 Å². The minimum Gasteiger partial charge on any atom is -0.444 e. The van der Waals surface area contributed by atoms with E-state index in [1.807, 2.05) is 26.0 Å². The fourth-order valence-electron chi connectivity index (χ4n) is 2.14. The number of oxazole rings is 1. The van der Waals surface area contributed by atoms with Gasteiger partial charge in [-0.25, -0.2) is 4.98 Å². The first-order chi connectivity index (χ1) is 10.5. The summed E-state index contributed by atoms with van der Waals surface area (Å²) in [5.41, 5.74) is 2.00. The van der Waals surface area contributed by atoms with E-state index in [0.29, 0.717) is 16.7 Å². The smallest absolute Gasteiger partial charge is 0.239 e. The lowest BCUT2D eigenvalue weighted by Gasteiger charge is -2.14. The summed E-state index contributed by atoms with van der Waals surface area (Å²) in [6.07, 6.45) is 2.47. The highest BCUT2D eigenvalue weighted by molar-refractivity contribution is 6.30. The van der Waals surface area contributed by atoms with E-state index in [1.54, 1.807) is 19.2 Å². The summed E-state index contributed by atoms with van der Waals surface area (Å²) in [6.45, 7) is 5.86. The fourth-order valence-corrected chi connectivity index (χ4v) is 2.34. The van der Waals surface area contributed by atoms with Gasteiger partial charge in [-0.15, -0.1) is 0 Å². The summed E-state index contributed by atoms with van der Waals surface area (Å²) >= 11 is 5.97. The van der Waals surface area contributed by atoms with E-state index in [0.717, 1.165) is 17.7 Å². The van der Waals surface area contributed by atoms with Gasteiger partial charge in [-0.05, 0) is 37.1 Å². The van der Waals surface area contributed by atoms with E-state index in [1.165, 1.54) is 0 Å². The van der Waals surface area contributed by atoms with Gasteiger partial charge < -0.3 is 15.1 Å². The zero-order valence-electron chi connectivity index (χ0n) is 12.9. The number of halogens is 1. The third-order valence-electron chi connectivity index (χ3n) is 3.33. The molecule has 118 valence electrons. The van der Waals surface area contributed by atoms with E-state index in [4.69, 9.17) is 16.0 Å². The van der Waals surface area contributed by atoms with E-state index < -0.39 is 0 Å². The second-order valence-corrected chi connectivity index (χ2v) is 5.52. The van der Waals surface area contributed by atoms with Crippen LogP contribution in [0.25, 0.3) is 0 Å². The molecule has 1 aromatic carbocycles. The molecule has 0 radical (unpaired) electrons. The first kappa shape index (κ1) is 16.4. The molecular formula is C16H20ClN3O2. The van der Waals surface area contributed by atoms with Crippen LogP contribution in [0.15, 0.2) is 28.8 Å². The highest BCUT2D eigenvalue weighted by Gasteiger charge is 2.13. The van der Waals surface area contributed by atoms with Crippen LogP contribution >= 0.6 is 11.6 Å². The number of carbonyl (C=O) groups excluding carboxylic acids is 1. The lowest BCUT2D eigenvalue weighted by molar-refractivity contribution is -0.120. The summed E-state index contributed by atoms with van der Waals surface area (Å²) < 4.78 is 5.40. The molecule has 0 aliphatic carbocycles. The molecule has 1 unspecified atom stereocenters. The maximum absolute atomic E-state index is 12.0. The standard InChI is InChI=1S/C16H20ClN3O2/c1-4-12-7-13(17)5-6-14(12)19-9-16(21)20-10(2)15-8-18-11(3)22-15/h5-8,10,19H,4,9H2,1-3H3,(H,20,21). The fraction of sp³-hybridized carbons (Fsp3) is 0.375. The Morgan fingerprint density at radius 1 is 1.45 bits per heavy atom. The SMILES string of the molecule is CCc1cc(Cl)ccc1NCC(=O)NC(C)c1cnc(C)o1. The molecule has 0 saturated carbocycles. The van der Waals surface area contributed by atoms with E-state index in [2.05, 4.69) is 15.6 Å². The van der Waals surface area contributed by atoms with Gasteiger partial charge in [-0.1, -0.05) is 18.5 Å². The Labute approximate surface area is 135 Å². The number of benzene rings is 1. The molecule has 0 fully saturated rings. The average Bonchev–Trinajstić information content (AvgIpc) is 2.92. The van der Waals surface area contributed by atoms with Crippen molar-refractivity contribution in [2.75, 3.05) is 11.9 Å². The van der Waals surface area contributed by atoms with E-state index in [9.17, 15) is 4.79 Å². The lowest BCUT2D eigenvalue weighted by atomic mass is 10.1. The van der Waals surface area contributed by atoms with Crippen LogP contribution in [0.3, 0.4) is 0 Å². The number of aromatic nitrogens is 1. The molecule has 2 aromatic rings. The number of hydrogen-bond acceptors (Lipinski definition) is 4. The summed E-state index contributed by atoms with van der Waals surface area (Å²) in [5, 5.41) is 6.70. The molecule has 6 heteroatoms. The van der Waals surface area contributed by atoms with Gasteiger partial charge in [0.1, 0.15) is 5.76 Å². The Morgan fingerprint density at radius 2 is 2.23 bits per heavy atom. The first-order valence-electron chi connectivity index (χ1n) is 7.23. The van der Waals surface area contributed by atoms with Crippen LogP contribution in [0, 0.1) is 6.92 Å². The predicted octanol–water partition coefficient (Wildman–Crippen LogP) is 3.49. The van der Waals surface area contributed by atoms with Gasteiger partial charge in [0.2, 0.25) is 5.91 Å². The van der Waals surface area contributed by atoms with Crippen molar-refractivity contribution in [1.82, 2.24) is 10.3 Å². The molecule has 1 aromatic heterocycles. The van der Waals surface area contributed by atoms with Gasteiger partial charge in [0.15, 0.2) is 5.89 Å². The number of amides is 1. The van der Waals surface area contributed by atoms with Crippen LogP contribution < -0.4 is 10.6 Å². The second kappa shape index (κ2) is 7.31. The van der Waals surface area contributed by atoms with Gasteiger partial charge in [-0.2, -0.15) is 0 Å². The summed E-state index contributed by atoms with van der Waals surface area (Å²) in [4.78, 5) is 16.0. The van der Waals surface area contributed by atoms with Crippen LogP contribution in [0.1, 0.15) is 37.1 Å². The van der Waals surface area contributed by atoms with Crippen LogP contribution in [-0.2, 0) is 11.2 Å². The van der Waals surface area contributed by atoms with Gasteiger partial charge >= 0.3 is 0 Å². The molecule has 0 spiro atoms. The van der Waals surface area contributed by atoms with Crippen LogP contribution in [0.4, 0.5) is 5.69 Å². The van der Waals surface area contributed by atoms with Crippen LogP contribution in [0.2, 0.25) is 5.02 Å². The number of nitrogens with one attached hydrogen (secondary N) is 2. The summed E-state index contributed by atoms with van der Waals surface area (Å²) in [5.74, 6) is 1.12. The zero-order valence-corrected chi connectivity index (χ0v) is 13.7. The first-order valence-corrected chi connectivity index (χ1v) is 7.61. The highest BCUT2D eigenvalue weighted by Crippen LogP contribution is 2.21. The molecule has 0 bridgehead atoms. The molecule has 0 aliphatic heterocycles. The molecule has 5 nitrogen and oxygen atoms in total. The van der Waals surface area contributed by atoms with Crippen molar-refractivity contribution in [3.63, 3.8) is 0 Å². The van der Waals surface area contributed by atoms with Crippen molar-refractivity contribution >= 4 is 23.2 Å². The number of rotatable bonds is 6. The third kappa shape index (κ3) is 4.24. The van der Waals surface area contributed by atoms with Crippen molar-refractivity contribution in [2.24, 2.45) is 0 Å². The molecule has 2 rings (SSSR count). The molecule has 1 amide bonds. The average molecular weight is 322 g/mol. The Hall–Kier alpha value is -2.01. The van der Waals surface area contributed by atoms with Crippen molar-refractivity contribution in [2.45, 2.75) is 33.2 Å². The number of hydrogen-bond donors (Lipinski definition) is 2. The zero-order chi connectivity index (χ0) is 16.1. The minimum atomic E-state index is -0.216. The number of aryl methyl sites for hydroxylation is 2. The molecule has 0 aliphatic rings. The number of nitrogens with zero attached hydrogens (tertiary/aromatic N) is 1. The second-order valence-electron chi connectivity index (χ2n) is 5.08. The summed E-state index contributed by atoms with van der Waals surface area (Å²) in [7, 11) is 0. The third-order valence-corrected chi connectivity index (χ3v) is 3.57. The topological polar surface area (TPSA) is 67.2 Å². The molecule has 1 heterocycles. The summed E-state index contributed by atoms with van der Waals surface area (Å²) in [6, 6.07) is 5.38. The lowest BCUT2D eigenvalue weighted by Crippen LogP contribution is -2.32. The van der Waals surface area contributed by atoms with Crippen LogP contribution in [0.5, 0.6) is 0 Å². The van der Waals surface area contributed by atoms with E-state index >= 15 is 0 Å². The van der Waals surface area contributed by atoms with Crippen molar-refractivity contribution in [1.29, 1.82) is 0 Å². The van der Waals surface area contributed by atoms with Gasteiger partial charge in [-0.3, -0.25) is 4.79 Å². The van der Waals surface area contributed by atoms with Gasteiger partial charge in [0.25, 0.3) is 0 Å². The molecule has 22 heavy (non-hydrogen) atoms. The molecular weight excluding hydrogens is 302 g/mol. The monoisotopic (exact) mass is 321 g/mol. The Kier molecular flexibility index (Phi) is 5.44. The van der Waals surface area contributed by atoms with Crippen molar-refractivity contribution in [3.8, 4) is 0 Å². The quantitative estimate of drug-likeness (QED) is 0.854. The van der Waals surface area contributed by atoms with Crippen LogP contribution in [-0.4, -0.2) is 17.4 Å². The Balaban J connectivity index is 1.90. The van der Waals surface area contributed by atoms with Crippen molar-refractivity contribution < 1.29 is 9.21 Å². The maximum Gasteiger partial charge on any atom is 0.239 e. The Morgan fingerprint density at radius 3 is 2.86 bits per heavy atom. The predicted molar refractivity (Wildman–Crippen MR) is 87.1 cm³/mol. The number of carbonyl (C=O) groups is 1. The Bertz CT molecular complexity index is 655. The minimum absolute atomic E-state index is 0.112. The highest BCUT2D eigenvalue weighted by atomic mass is 35.5. The maximum atomic E-state index is 12.0. The normalized spacial score (nSPS) is 12.0. The molecule has 0 saturated heterocycles.